The van der Waals surface area contributed by atoms with Gasteiger partial charge in [0.2, 0.25) is 0 Å². The molecule has 0 saturated heterocycles. The molecule has 0 aromatic rings. The number of hydrogen-bond acceptors (Lipinski definition) is 4. The normalized spacial score (nSPS) is 14.2. The van der Waals surface area contributed by atoms with Crippen molar-refractivity contribution in [2.45, 2.75) is 45.6 Å². The van der Waals surface area contributed by atoms with Crippen LogP contribution in [0.3, 0.4) is 0 Å². The van der Waals surface area contributed by atoms with Crippen molar-refractivity contribution in [1.82, 2.24) is 5.32 Å². The van der Waals surface area contributed by atoms with Crippen LogP contribution >= 0.6 is 0 Å². The minimum Gasteiger partial charge on any atom is -0.379 e. The molecule has 0 rings (SSSR count). The Morgan fingerprint density at radius 1 is 1.12 bits per heavy atom. The van der Waals surface area contributed by atoms with E-state index in [0.717, 1.165) is 39.0 Å². The fourth-order valence-electron chi connectivity index (χ4n) is 1.62. The third-order valence-corrected chi connectivity index (χ3v) is 2.61. The van der Waals surface area contributed by atoms with Gasteiger partial charge in [0.15, 0.2) is 0 Å². The molecule has 0 amide bonds. The van der Waals surface area contributed by atoms with Gasteiger partial charge in [0, 0.05) is 13.2 Å². The average Bonchev–Trinajstić information content (AvgIpc) is 2.33. The lowest BCUT2D eigenvalue weighted by Crippen LogP contribution is -2.40. The van der Waals surface area contributed by atoms with E-state index in [-0.39, 0.29) is 5.54 Å². The molecule has 0 radical (unpaired) electrons. The molecule has 0 spiro atoms. The van der Waals surface area contributed by atoms with Gasteiger partial charge in [-0.15, -0.1) is 0 Å². The zero-order chi connectivity index (χ0) is 13.0. The van der Waals surface area contributed by atoms with Crippen LogP contribution in [0.1, 0.15) is 40.0 Å². The first-order valence-electron chi connectivity index (χ1n) is 6.50. The van der Waals surface area contributed by atoms with Gasteiger partial charge in [-0.25, -0.2) is 0 Å². The summed E-state index contributed by atoms with van der Waals surface area (Å²) in [7, 11) is 0. The topological polar surface area (TPSA) is 54.3 Å². The Labute approximate surface area is 105 Å². The van der Waals surface area contributed by atoms with E-state index >= 15 is 0 Å². The number of unbranched alkanes of at least 4 members (excludes halogenated alkanes) is 1. The zero-order valence-corrected chi connectivity index (χ0v) is 11.4. The summed E-state index contributed by atoms with van der Waals surface area (Å²) in [6.07, 6.45) is 2.87. The minimum atomic E-state index is -0.389. The maximum absolute atomic E-state index is 9.06. The number of nitriles is 1. The molecule has 1 unspecified atom stereocenters. The van der Waals surface area contributed by atoms with Crippen LogP contribution in [0.2, 0.25) is 0 Å². The van der Waals surface area contributed by atoms with Crippen LogP contribution in [0.5, 0.6) is 0 Å². The van der Waals surface area contributed by atoms with Crippen molar-refractivity contribution in [3.8, 4) is 6.07 Å². The summed E-state index contributed by atoms with van der Waals surface area (Å²) in [5.41, 5.74) is -0.389. The zero-order valence-electron chi connectivity index (χ0n) is 11.4. The van der Waals surface area contributed by atoms with Gasteiger partial charge in [0.1, 0.15) is 5.54 Å². The maximum Gasteiger partial charge on any atom is 0.103 e. The van der Waals surface area contributed by atoms with E-state index in [9.17, 15) is 0 Å². The van der Waals surface area contributed by atoms with Crippen molar-refractivity contribution in [2.75, 3.05) is 33.0 Å². The van der Waals surface area contributed by atoms with Crippen molar-refractivity contribution in [3.63, 3.8) is 0 Å². The first kappa shape index (κ1) is 16.4. The van der Waals surface area contributed by atoms with Crippen LogP contribution in [0.25, 0.3) is 0 Å². The smallest absolute Gasteiger partial charge is 0.103 e. The molecule has 0 saturated carbocycles. The minimum absolute atomic E-state index is 0.389. The van der Waals surface area contributed by atoms with Gasteiger partial charge in [0.05, 0.1) is 19.3 Å². The highest BCUT2D eigenvalue weighted by Crippen LogP contribution is 2.12. The van der Waals surface area contributed by atoms with E-state index in [1.54, 1.807) is 0 Å². The van der Waals surface area contributed by atoms with Crippen molar-refractivity contribution in [2.24, 2.45) is 0 Å². The maximum atomic E-state index is 9.06. The van der Waals surface area contributed by atoms with E-state index in [1.165, 1.54) is 0 Å². The van der Waals surface area contributed by atoms with Gasteiger partial charge < -0.3 is 9.47 Å². The largest absolute Gasteiger partial charge is 0.379 e. The summed E-state index contributed by atoms with van der Waals surface area (Å²) in [5.74, 6) is 0. The molecule has 0 aliphatic heterocycles. The standard InChI is InChI=1S/C13H26N2O2/c1-4-15-13(3,12-14)8-6-7-9-17-11-10-16-5-2/h15H,4-11H2,1-3H3. The fourth-order valence-corrected chi connectivity index (χ4v) is 1.62. The van der Waals surface area contributed by atoms with Crippen molar-refractivity contribution < 1.29 is 9.47 Å². The summed E-state index contributed by atoms with van der Waals surface area (Å²) >= 11 is 0. The van der Waals surface area contributed by atoms with Gasteiger partial charge in [-0.3, -0.25) is 5.32 Å². The molecular weight excluding hydrogens is 216 g/mol. The first-order valence-corrected chi connectivity index (χ1v) is 6.50. The molecule has 4 nitrogen and oxygen atoms in total. The SMILES string of the molecule is CCNC(C)(C#N)CCCCOCCOCC. The number of ether oxygens (including phenoxy) is 2. The fraction of sp³-hybridized carbons (Fsp3) is 0.923. The summed E-state index contributed by atoms with van der Waals surface area (Å²) < 4.78 is 10.6. The van der Waals surface area contributed by atoms with Gasteiger partial charge in [-0.2, -0.15) is 5.26 Å². The van der Waals surface area contributed by atoms with Crippen LogP contribution in [0.15, 0.2) is 0 Å². The Hall–Kier alpha value is -0.630. The second-order valence-corrected chi connectivity index (χ2v) is 4.24. The molecule has 0 aromatic heterocycles. The van der Waals surface area contributed by atoms with Gasteiger partial charge in [-0.05, 0) is 39.7 Å². The van der Waals surface area contributed by atoms with Gasteiger partial charge in [0.25, 0.3) is 0 Å². The molecule has 0 heterocycles. The summed E-state index contributed by atoms with van der Waals surface area (Å²) in [4.78, 5) is 0. The van der Waals surface area contributed by atoms with Crippen LogP contribution in [-0.4, -0.2) is 38.5 Å². The monoisotopic (exact) mass is 242 g/mol. The van der Waals surface area contributed by atoms with Crippen LogP contribution in [-0.2, 0) is 9.47 Å². The van der Waals surface area contributed by atoms with Crippen LogP contribution in [0.4, 0.5) is 0 Å². The van der Waals surface area contributed by atoms with Crippen LogP contribution in [0, 0.1) is 11.3 Å². The molecule has 100 valence electrons. The third-order valence-electron chi connectivity index (χ3n) is 2.61. The highest BCUT2D eigenvalue weighted by molar-refractivity contribution is 5.03. The predicted octanol–water partition coefficient (Wildman–Crippen LogP) is 2.10. The van der Waals surface area contributed by atoms with Crippen molar-refractivity contribution in [1.29, 1.82) is 5.26 Å². The number of nitrogens with one attached hydrogen (secondary N) is 1. The molecule has 0 aromatic carbocycles. The molecule has 0 fully saturated rings. The average molecular weight is 242 g/mol. The van der Waals surface area contributed by atoms with E-state index in [2.05, 4.69) is 11.4 Å². The highest BCUT2D eigenvalue weighted by Gasteiger charge is 2.20. The lowest BCUT2D eigenvalue weighted by atomic mass is 9.97. The summed E-state index contributed by atoms with van der Waals surface area (Å²) in [6.45, 7) is 9.60. The summed E-state index contributed by atoms with van der Waals surface area (Å²) in [5, 5.41) is 12.3. The molecule has 17 heavy (non-hydrogen) atoms. The molecule has 1 N–H and O–H groups in total. The van der Waals surface area contributed by atoms with Crippen LogP contribution < -0.4 is 5.32 Å². The number of nitrogens with zero attached hydrogens (tertiary/aromatic N) is 1. The molecule has 4 heteroatoms. The van der Waals surface area contributed by atoms with Gasteiger partial charge >= 0.3 is 0 Å². The number of rotatable bonds is 11. The second kappa shape index (κ2) is 10.5. The Morgan fingerprint density at radius 2 is 1.82 bits per heavy atom. The first-order chi connectivity index (χ1) is 8.18. The van der Waals surface area contributed by atoms with Crippen molar-refractivity contribution >= 4 is 0 Å². The highest BCUT2D eigenvalue weighted by atomic mass is 16.5. The Balaban J connectivity index is 3.41. The van der Waals surface area contributed by atoms with Gasteiger partial charge in [-0.1, -0.05) is 6.92 Å². The lowest BCUT2D eigenvalue weighted by molar-refractivity contribution is 0.0509. The van der Waals surface area contributed by atoms with E-state index in [4.69, 9.17) is 14.7 Å². The third kappa shape index (κ3) is 9.11. The van der Waals surface area contributed by atoms with Crippen molar-refractivity contribution in [3.05, 3.63) is 0 Å². The lowest BCUT2D eigenvalue weighted by Gasteiger charge is -2.22. The second-order valence-electron chi connectivity index (χ2n) is 4.24. The van der Waals surface area contributed by atoms with E-state index in [0.29, 0.717) is 13.2 Å². The molecular formula is C13H26N2O2. The molecule has 0 bridgehead atoms. The predicted molar refractivity (Wildman–Crippen MR) is 68.9 cm³/mol. The summed E-state index contributed by atoms with van der Waals surface area (Å²) in [6, 6.07) is 2.33. The quantitative estimate of drug-likeness (QED) is 0.564. The van der Waals surface area contributed by atoms with E-state index < -0.39 is 0 Å². The molecule has 1 atom stereocenters. The molecule has 0 aliphatic rings. The number of hydrogen-bond donors (Lipinski definition) is 1. The van der Waals surface area contributed by atoms with E-state index in [1.807, 2.05) is 20.8 Å². The Morgan fingerprint density at radius 3 is 2.41 bits per heavy atom. The Kier molecular flexibility index (Phi) is 10.1. The Bertz CT molecular complexity index is 216. The molecule has 0 aliphatic carbocycles.